The molecular weight excluding hydrogens is 108 g/mol. The molecular formula is C9H18. The first-order valence-corrected chi connectivity index (χ1v) is 4.30. The Hall–Kier alpha value is 0. The largest absolute Gasteiger partial charge is 0.0623 e. The third-order valence-corrected chi connectivity index (χ3v) is 2.79. The van der Waals surface area contributed by atoms with Gasteiger partial charge in [-0.15, -0.1) is 0 Å². The van der Waals surface area contributed by atoms with E-state index in [9.17, 15) is 0 Å². The smallest absolute Gasteiger partial charge is 0.0417 e. The fourth-order valence-corrected chi connectivity index (χ4v) is 1.68. The molecule has 0 saturated heterocycles. The summed E-state index contributed by atoms with van der Waals surface area (Å²) >= 11 is 0. The van der Waals surface area contributed by atoms with Gasteiger partial charge < -0.3 is 0 Å². The van der Waals surface area contributed by atoms with E-state index in [1.165, 1.54) is 32.1 Å². The van der Waals surface area contributed by atoms with E-state index in [1.54, 1.807) is 0 Å². The van der Waals surface area contributed by atoms with Crippen LogP contribution in [0.25, 0.3) is 0 Å². The number of hydrogen-bond acceptors (Lipinski definition) is 0. The van der Waals surface area contributed by atoms with Crippen LogP contribution < -0.4 is 0 Å². The minimum absolute atomic E-state index is 0.993. The third kappa shape index (κ3) is 2.00. The molecule has 0 aromatic heterocycles. The summed E-state index contributed by atoms with van der Waals surface area (Å²) in [6, 6.07) is 0. The van der Waals surface area contributed by atoms with Gasteiger partial charge in [0.25, 0.3) is 0 Å². The Morgan fingerprint density at radius 3 is 1.67 bits per heavy atom. The van der Waals surface area contributed by atoms with Crippen LogP contribution in [0.4, 0.5) is 0 Å². The van der Waals surface area contributed by atoms with Crippen molar-refractivity contribution < 1.29 is 0 Å². The quantitative estimate of drug-likeness (QED) is 0.437. The van der Waals surface area contributed by atoms with E-state index < -0.39 is 0 Å². The maximum Gasteiger partial charge on any atom is -0.0417 e. The Balaban J connectivity index is 2.32. The lowest BCUT2D eigenvalue weighted by Gasteiger charge is -2.14. The van der Waals surface area contributed by atoms with Crippen molar-refractivity contribution in [3.63, 3.8) is 0 Å². The van der Waals surface area contributed by atoms with E-state index in [0.29, 0.717) is 0 Å². The van der Waals surface area contributed by atoms with Gasteiger partial charge >= 0.3 is 0 Å². The van der Waals surface area contributed by atoms with E-state index in [0.717, 1.165) is 11.8 Å². The highest BCUT2D eigenvalue weighted by atomic mass is 14.2. The predicted molar refractivity (Wildman–Crippen MR) is 41.4 cm³/mol. The van der Waals surface area contributed by atoms with Crippen LogP contribution >= 0.6 is 0 Å². The van der Waals surface area contributed by atoms with E-state index in [4.69, 9.17) is 0 Å². The normalized spacial score (nSPS) is 38.0. The fourth-order valence-electron chi connectivity index (χ4n) is 1.68. The van der Waals surface area contributed by atoms with Gasteiger partial charge in [-0.2, -0.15) is 0 Å². The molecule has 0 amide bonds. The third-order valence-electron chi connectivity index (χ3n) is 2.79. The Morgan fingerprint density at radius 2 is 1.22 bits per heavy atom. The van der Waals surface area contributed by atoms with E-state index >= 15 is 0 Å². The Morgan fingerprint density at radius 1 is 0.778 bits per heavy atom. The van der Waals surface area contributed by atoms with Crippen molar-refractivity contribution in [2.75, 3.05) is 0 Å². The van der Waals surface area contributed by atoms with Gasteiger partial charge in [0.1, 0.15) is 0 Å². The van der Waals surface area contributed by atoms with Gasteiger partial charge in [0, 0.05) is 0 Å². The molecule has 0 bridgehead atoms. The molecule has 1 aliphatic carbocycles. The number of rotatable bonds is 0. The Labute approximate surface area is 58.7 Å². The molecule has 0 aromatic rings. The van der Waals surface area contributed by atoms with E-state index in [1.807, 2.05) is 0 Å². The topological polar surface area (TPSA) is 0 Å². The summed E-state index contributed by atoms with van der Waals surface area (Å²) in [6.45, 7) is 4.80. The van der Waals surface area contributed by atoms with Crippen LogP contribution in [0.3, 0.4) is 0 Å². The average molecular weight is 126 g/mol. The summed E-state index contributed by atoms with van der Waals surface area (Å²) in [6.07, 6.45) is 7.38. The van der Waals surface area contributed by atoms with Crippen molar-refractivity contribution >= 4 is 0 Å². The predicted octanol–water partition coefficient (Wildman–Crippen LogP) is 3.22. The Kier molecular flexibility index (Phi) is 2.56. The highest BCUT2D eigenvalue weighted by molar-refractivity contribution is 4.66. The molecule has 0 radical (unpaired) electrons. The maximum atomic E-state index is 2.40. The summed E-state index contributed by atoms with van der Waals surface area (Å²) < 4.78 is 0. The standard InChI is InChI=1S/C9H18/c1-8-6-4-3-5-7-9(8)2/h8-9H,3-7H2,1-2H3/t8-,9?/m1/s1. The summed E-state index contributed by atoms with van der Waals surface area (Å²) in [7, 11) is 0. The molecule has 0 N–H and O–H groups in total. The molecule has 54 valence electrons. The molecule has 2 atom stereocenters. The minimum Gasteiger partial charge on any atom is -0.0623 e. The summed E-state index contributed by atoms with van der Waals surface area (Å²) in [4.78, 5) is 0. The molecule has 1 rings (SSSR count). The van der Waals surface area contributed by atoms with Gasteiger partial charge in [-0.3, -0.25) is 0 Å². The summed E-state index contributed by atoms with van der Waals surface area (Å²) in [5.41, 5.74) is 0. The van der Waals surface area contributed by atoms with Crippen LogP contribution in [0.2, 0.25) is 0 Å². The highest BCUT2D eigenvalue weighted by Crippen LogP contribution is 2.27. The average Bonchev–Trinajstić information content (AvgIpc) is 1.99. The minimum atomic E-state index is 0.993. The van der Waals surface area contributed by atoms with Crippen molar-refractivity contribution in [1.82, 2.24) is 0 Å². The molecule has 0 heterocycles. The maximum absolute atomic E-state index is 2.40. The zero-order valence-electron chi connectivity index (χ0n) is 6.69. The lowest BCUT2D eigenvalue weighted by atomic mass is 9.92. The fraction of sp³-hybridized carbons (Fsp3) is 1.00. The second kappa shape index (κ2) is 3.24. The van der Waals surface area contributed by atoms with Gasteiger partial charge in [0.05, 0.1) is 0 Å². The van der Waals surface area contributed by atoms with Crippen molar-refractivity contribution in [2.45, 2.75) is 46.0 Å². The SMILES string of the molecule is CC1CCCCC[C@H]1C. The summed E-state index contributed by atoms with van der Waals surface area (Å²) in [5, 5.41) is 0. The van der Waals surface area contributed by atoms with Crippen molar-refractivity contribution in [1.29, 1.82) is 0 Å². The van der Waals surface area contributed by atoms with Crippen LogP contribution in [-0.2, 0) is 0 Å². The van der Waals surface area contributed by atoms with Gasteiger partial charge in [0.2, 0.25) is 0 Å². The lowest BCUT2D eigenvalue weighted by Crippen LogP contribution is -2.04. The van der Waals surface area contributed by atoms with Gasteiger partial charge in [0.15, 0.2) is 0 Å². The molecule has 9 heavy (non-hydrogen) atoms. The molecule has 1 aliphatic rings. The number of hydrogen-bond donors (Lipinski definition) is 0. The van der Waals surface area contributed by atoms with E-state index in [-0.39, 0.29) is 0 Å². The first-order valence-electron chi connectivity index (χ1n) is 4.30. The molecule has 0 spiro atoms. The van der Waals surface area contributed by atoms with Crippen molar-refractivity contribution in [3.05, 3.63) is 0 Å². The van der Waals surface area contributed by atoms with Crippen LogP contribution in [0.15, 0.2) is 0 Å². The highest BCUT2D eigenvalue weighted by Gasteiger charge is 2.14. The molecule has 1 fully saturated rings. The molecule has 0 aliphatic heterocycles. The first-order chi connectivity index (χ1) is 4.30. The van der Waals surface area contributed by atoms with Gasteiger partial charge in [-0.1, -0.05) is 46.0 Å². The van der Waals surface area contributed by atoms with E-state index in [2.05, 4.69) is 13.8 Å². The molecule has 1 unspecified atom stereocenters. The Bertz CT molecular complexity index is 66.1. The first kappa shape index (κ1) is 7.11. The van der Waals surface area contributed by atoms with Crippen LogP contribution in [0.1, 0.15) is 46.0 Å². The van der Waals surface area contributed by atoms with Crippen LogP contribution in [0.5, 0.6) is 0 Å². The van der Waals surface area contributed by atoms with Gasteiger partial charge in [-0.05, 0) is 11.8 Å². The van der Waals surface area contributed by atoms with Gasteiger partial charge in [-0.25, -0.2) is 0 Å². The lowest BCUT2D eigenvalue weighted by molar-refractivity contribution is 0.367. The van der Waals surface area contributed by atoms with Crippen molar-refractivity contribution in [2.24, 2.45) is 11.8 Å². The van der Waals surface area contributed by atoms with Crippen molar-refractivity contribution in [3.8, 4) is 0 Å². The zero-order chi connectivity index (χ0) is 6.69. The molecule has 0 aromatic carbocycles. The molecule has 1 saturated carbocycles. The van der Waals surface area contributed by atoms with Crippen LogP contribution in [-0.4, -0.2) is 0 Å². The zero-order valence-corrected chi connectivity index (χ0v) is 6.69. The molecule has 0 nitrogen and oxygen atoms in total. The monoisotopic (exact) mass is 126 g/mol. The second-order valence-electron chi connectivity index (χ2n) is 3.59. The molecule has 0 heteroatoms. The summed E-state index contributed by atoms with van der Waals surface area (Å²) in [5.74, 6) is 1.99. The second-order valence-corrected chi connectivity index (χ2v) is 3.59. The van der Waals surface area contributed by atoms with Crippen LogP contribution in [0, 0.1) is 11.8 Å².